The predicted octanol–water partition coefficient (Wildman–Crippen LogP) is -0.0437. The van der Waals surface area contributed by atoms with Crippen LogP contribution in [0.25, 0.3) is 0 Å². The van der Waals surface area contributed by atoms with E-state index in [9.17, 15) is 9.59 Å². The van der Waals surface area contributed by atoms with Crippen LogP contribution in [0.5, 0.6) is 0 Å². The van der Waals surface area contributed by atoms with Gasteiger partial charge in [-0.05, 0) is 19.3 Å². The fourth-order valence-electron chi connectivity index (χ4n) is 2.31. The predicted molar refractivity (Wildman–Crippen MR) is 67.9 cm³/mol. The molecule has 0 saturated heterocycles. The van der Waals surface area contributed by atoms with Gasteiger partial charge in [0.05, 0.1) is 0 Å². The molecule has 1 amide bonds. The molecule has 6 N–H and O–H groups in total. The van der Waals surface area contributed by atoms with Gasteiger partial charge in [0.1, 0.15) is 6.04 Å². The lowest BCUT2D eigenvalue weighted by atomic mass is 9.80. The van der Waals surface area contributed by atoms with Crippen LogP contribution in [0.2, 0.25) is 0 Å². The SMILES string of the molecule is N[C@@H](CCNC(=O)CC1(N)CCCCC1)C(=O)O. The maximum Gasteiger partial charge on any atom is 0.320 e. The Morgan fingerprint density at radius 1 is 1.28 bits per heavy atom. The van der Waals surface area contributed by atoms with Gasteiger partial charge in [-0.15, -0.1) is 0 Å². The summed E-state index contributed by atoms with van der Waals surface area (Å²) in [5.74, 6) is -1.16. The summed E-state index contributed by atoms with van der Waals surface area (Å²) in [4.78, 5) is 22.2. The Kier molecular flexibility index (Phi) is 5.55. The normalized spacial score (nSPS) is 20.1. The van der Waals surface area contributed by atoms with Gasteiger partial charge in [0.15, 0.2) is 0 Å². The van der Waals surface area contributed by atoms with Gasteiger partial charge >= 0.3 is 5.97 Å². The van der Waals surface area contributed by atoms with Crippen molar-refractivity contribution >= 4 is 11.9 Å². The summed E-state index contributed by atoms with van der Waals surface area (Å²) in [7, 11) is 0. The molecule has 0 spiro atoms. The summed E-state index contributed by atoms with van der Waals surface area (Å²) >= 11 is 0. The third-order valence-corrected chi connectivity index (χ3v) is 3.46. The second-order valence-corrected chi connectivity index (χ2v) is 5.18. The Morgan fingerprint density at radius 2 is 1.89 bits per heavy atom. The molecule has 0 aromatic carbocycles. The Hall–Kier alpha value is -1.14. The molecule has 0 aromatic rings. The number of aliphatic carboxylic acids is 1. The van der Waals surface area contributed by atoms with Crippen LogP contribution in [-0.4, -0.2) is 35.1 Å². The summed E-state index contributed by atoms with van der Waals surface area (Å²) in [6, 6.07) is -0.924. The van der Waals surface area contributed by atoms with Crippen LogP contribution in [0, 0.1) is 0 Å². The van der Waals surface area contributed by atoms with Gasteiger partial charge in [0, 0.05) is 18.5 Å². The van der Waals surface area contributed by atoms with Crippen molar-refractivity contribution < 1.29 is 14.7 Å². The number of amides is 1. The molecule has 6 heteroatoms. The van der Waals surface area contributed by atoms with Crippen molar-refractivity contribution in [3.63, 3.8) is 0 Å². The van der Waals surface area contributed by atoms with Crippen LogP contribution in [0.15, 0.2) is 0 Å². The highest BCUT2D eigenvalue weighted by atomic mass is 16.4. The number of hydrogen-bond donors (Lipinski definition) is 4. The first-order valence-corrected chi connectivity index (χ1v) is 6.47. The van der Waals surface area contributed by atoms with E-state index >= 15 is 0 Å². The number of rotatable bonds is 6. The molecule has 0 unspecified atom stereocenters. The first kappa shape index (κ1) is 14.9. The van der Waals surface area contributed by atoms with E-state index in [1.807, 2.05) is 0 Å². The Morgan fingerprint density at radius 3 is 2.44 bits per heavy atom. The van der Waals surface area contributed by atoms with Crippen molar-refractivity contribution in [1.82, 2.24) is 5.32 Å². The zero-order valence-corrected chi connectivity index (χ0v) is 10.7. The molecule has 0 aromatic heterocycles. The first-order valence-electron chi connectivity index (χ1n) is 6.47. The van der Waals surface area contributed by atoms with Crippen LogP contribution in [0.3, 0.4) is 0 Å². The van der Waals surface area contributed by atoms with Gasteiger partial charge in [0.2, 0.25) is 5.91 Å². The lowest BCUT2D eigenvalue weighted by Gasteiger charge is -2.32. The van der Waals surface area contributed by atoms with Gasteiger partial charge < -0.3 is 21.9 Å². The van der Waals surface area contributed by atoms with Crippen molar-refractivity contribution in [1.29, 1.82) is 0 Å². The maximum absolute atomic E-state index is 11.7. The fraction of sp³-hybridized carbons (Fsp3) is 0.833. The molecule has 1 aliphatic rings. The molecule has 18 heavy (non-hydrogen) atoms. The number of carboxylic acid groups (broad SMARTS) is 1. The summed E-state index contributed by atoms with van der Waals surface area (Å²) in [6.07, 6.45) is 5.66. The van der Waals surface area contributed by atoms with Crippen LogP contribution < -0.4 is 16.8 Å². The van der Waals surface area contributed by atoms with Crippen LogP contribution >= 0.6 is 0 Å². The van der Waals surface area contributed by atoms with E-state index in [0.29, 0.717) is 6.42 Å². The average Bonchev–Trinajstić information content (AvgIpc) is 2.28. The number of carboxylic acids is 1. The van der Waals surface area contributed by atoms with E-state index in [1.165, 1.54) is 6.42 Å². The minimum atomic E-state index is -1.05. The highest BCUT2D eigenvalue weighted by Gasteiger charge is 2.29. The third-order valence-electron chi connectivity index (χ3n) is 3.46. The molecule has 0 heterocycles. The minimum Gasteiger partial charge on any atom is -0.480 e. The fourth-order valence-corrected chi connectivity index (χ4v) is 2.31. The third kappa shape index (κ3) is 5.01. The number of carbonyl (C=O) groups excluding carboxylic acids is 1. The van der Waals surface area contributed by atoms with E-state index in [4.69, 9.17) is 16.6 Å². The molecule has 1 fully saturated rings. The van der Waals surface area contributed by atoms with Gasteiger partial charge in [-0.25, -0.2) is 0 Å². The number of nitrogens with one attached hydrogen (secondary N) is 1. The van der Waals surface area contributed by atoms with Gasteiger partial charge in [0.25, 0.3) is 0 Å². The van der Waals surface area contributed by atoms with Crippen molar-refractivity contribution in [2.45, 2.75) is 56.5 Å². The van der Waals surface area contributed by atoms with E-state index in [-0.39, 0.29) is 24.4 Å². The molecule has 1 rings (SSSR count). The number of nitrogens with two attached hydrogens (primary N) is 2. The molecule has 1 aliphatic carbocycles. The van der Waals surface area contributed by atoms with Crippen LogP contribution in [0.1, 0.15) is 44.9 Å². The zero-order valence-electron chi connectivity index (χ0n) is 10.7. The van der Waals surface area contributed by atoms with Gasteiger partial charge in [-0.3, -0.25) is 9.59 Å². The number of hydrogen-bond acceptors (Lipinski definition) is 4. The van der Waals surface area contributed by atoms with Gasteiger partial charge in [-0.2, -0.15) is 0 Å². The number of carbonyl (C=O) groups is 2. The summed E-state index contributed by atoms with van der Waals surface area (Å²) < 4.78 is 0. The molecule has 6 nitrogen and oxygen atoms in total. The second kappa shape index (κ2) is 6.70. The largest absolute Gasteiger partial charge is 0.480 e. The second-order valence-electron chi connectivity index (χ2n) is 5.18. The maximum atomic E-state index is 11.7. The summed E-state index contributed by atoms with van der Waals surface area (Å²) in [5.41, 5.74) is 11.1. The van der Waals surface area contributed by atoms with Crippen molar-refractivity contribution in [2.24, 2.45) is 11.5 Å². The van der Waals surface area contributed by atoms with Crippen molar-refractivity contribution in [3.8, 4) is 0 Å². The van der Waals surface area contributed by atoms with E-state index in [0.717, 1.165) is 25.7 Å². The highest BCUT2D eigenvalue weighted by Crippen LogP contribution is 2.28. The smallest absolute Gasteiger partial charge is 0.320 e. The standard InChI is InChI=1S/C12H23N3O3/c13-9(11(17)18)4-7-15-10(16)8-12(14)5-2-1-3-6-12/h9H,1-8,13-14H2,(H,15,16)(H,17,18)/t9-/m0/s1. The quantitative estimate of drug-likeness (QED) is 0.532. The van der Waals surface area contributed by atoms with E-state index in [2.05, 4.69) is 5.32 Å². The van der Waals surface area contributed by atoms with Crippen LogP contribution in [-0.2, 0) is 9.59 Å². The lowest BCUT2D eigenvalue weighted by Crippen LogP contribution is -2.46. The lowest BCUT2D eigenvalue weighted by molar-refractivity contribution is -0.138. The van der Waals surface area contributed by atoms with E-state index in [1.54, 1.807) is 0 Å². The Labute approximate surface area is 107 Å². The minimum absolute atomic E-state index is 0.114. The zero-order chi connectivity index (χ0) is 13.6. The Bertz CT molecular complexity index is 301. The van der Waals surface area contributed by atoms with Crippen molar-refractivity contribution in [2.75, 3.05) is 6.54 Å². The summed E-state index contributed by atoms with van der Waals surface area (Å²) in [6.45, 7) is 0.280. The molecule has 0 bridgehead atoms. The molecule has 0 radical (unpaired) electrons. The summed E-state index contributed by atoms with van der Waals surface area (Å²) in [5, 5.41) is 11.3. The highest BCUT2D eigenvalue weighted by molar-refractivity contribution is 5.77. The molecule has 1 atom stereocenters. The first-order chi connectivity index (χ1) is 8.43. The molecular weight excluding hydrogens is 234 g/mol. The molecule has 0 aliphatic heterocycles. The van der Waals surface area contributed by atoms with Crippen molar-refractivity contribution in [3.05, 3.63) is 0 Å². The molecular formula is C12H23N3O3. The monoisotopic (exact) mass is 257 g/mol. The van der Waals surface area contributed by atoms with E-state index < -0.39 is 12.0 Å². The average molecular weight is 257 g/mol. The van der Waals surface area contributed by atoms with Gasteiger partial charge in [-0.1, -0.05) is 19.3 Å². The molecule has 104 valence electrons. The molecule has 1 saturated carbocycles. The topological polar surface area (TPSA) is 118 Å². The van der Waals surface area contributed by atoms with Crippen LogP contribution in [0.4, 0.5) is 0 Å². The Balaban J connectivity index is 2.22.